The predicted octanol–water partition coefficient (Wildman–Crippen LogP) is 1.53. The Hall–Kier alpha value is 0.0200. The number of carbonyl (C=O) groups is 1. The second-order valence-corrected chi connectivity index (χ2v) is 3.50. The maximum Gasteiger partial charge on any atom is 0.133 e. The van der Waals surface area contributed by atoms with Crippen molar-refractivity contribution < 1.29 is 4.79 Å². The van der Waals surface area contributed by atoms with Crippen molar-refractivity contribution in [1.82, 2.24) is 0 Å². The van der Waals surface area contributed by atoms with Crippen LogP contribution in [0.15, 0.2) is 0 Å². The molecule has 2 heteroatoms. The Balaban J connectivity index is 3.80. The van der Waals surface area contributed by atoms with Crippen LogP contribution >= 0.6 is 12.6 Å². The largest absolute Gasteiger partial charge is 0.302 e. The SMILES string of the molecule is CC(C)(C)C(S)C=O. The molecule has 0 saturated carbocycles. The molecule has 0 radical (unpaired) electrons. The van der Waals surface area contributed by atoms with Crippen LogP contribution in [0, 0.1) is 5.41 Å². The molecule has 1 atom stereocenters. The number of aldehydes is 1. The van der Waals surface area contributed by atoms with Crippen LogP contribution in [0.25, 0.3) is 0 Å². The third-order valence-corrected chi connectivity index (χ3v) is 1.91. The van der Waals surface area contributed by atoms with Crippen molar-refractivity contribution in [3.63, 3.8) is 0 Å². The molecule has 0 rings (SSSR count). The van der Waals surface area contributed by atoms with Gasteiger partial charge in [0.1, 0.15) is 6.29 Å². The van der Waals surface area contributed by atoms with Gasteiger partial charge in [-0.05, 0) is 5.41 Å². The molecule has 0 aromatic carbocycles. The van der Waals surface area contributed by atoms with E-state index in [9.17, 15) is 4.79 Å². The van der Waals surface area contributed by atoms with Crippen molar-refractivity contribution in [3.8, 4) is 0 Å². The van der Waals surface area contributed by atoms with Gasteiger partial charge in [-0.25, -0.2) is 0 Å². The molecule has 0 aliphatic rings. The molecule has 0 heterocycles. The summed E-state index contributed by atoms with van der Waals surface area (Å²) in [4.78, 5) is 10.1. The molecular formula is C6H12OS. The van der Waals surface area contributed by atoms with Crippen LogP contribution in [0.5, 0.6) is 0 Å². The second-order valence-electron chi connectivity index (χ2n) is 2.95. The molecule has 0 fully saturated rings. The van der Waals surface area contributed by atoms with E-state index in [1.54, 1.807) is 0 Å². The fourth-order valence-corrected chi connectivity index (χ4v) is 0.204. The second kappa shape index (κ2) is 2.53. The maximum absolute atomic E-state index is 10.1. The van der Waals surface area contributed by atoms with Gasteiger partial charge in [0.05, 0.1) is 5.25 Å². The van der Waals surface area contributed by atoms with E-state index in [2.05, 4.69) is 12.6 Å². The van der Waals surface area contributed by atoms with Gasteiger partial charge in [-0.15, -0.1) is 0 Å². The Morgan fingerprint density at radius 1 is 1.50 bits per heavy atom. The monoisotopic (exact) mass is 132 g/mol. The normalized spacial score (nSPS) is 15.5. The van der Waals surface area contributed by atoms with Crippen LogP contribution in [0.2, 0.25) is 0 Å². The molecule has 0 aliphatic heterocycles. The molecule has 1 unspecified atom stereocenters. The molecule has 1 nitrogen and oxygen atoms in total. The highest BCUT2D eigenvalue weighted by molar-refractivity contribution is 7.81. The standard InChI is InChI=1S/C6H12OS/c1-6(2,3)5(8)4-7/h4-5,8H,1-3H3. The summed E-state index contributed by atoms with van der Waals surface area (Å²) in [5, 5.41) is -0.137. The molecule has 0 aromatic heterocycles. The van der Waals surface area contributed by atoms with Crippen molar-refractivity contribution in [2.24, 2.45) is 5.41 Å². The van der Waals surface area contributed by atoms with Gasteiger partial charge in [0.2, 0.25) is 0 Å². The van der Waals surface area contributed by atoms with Crippen molar-refractivity contribution in [2.75, 3.05) is 0 Å². The quantitative estimate of drug-likeness (QED) is 0.423. The third-order valence-electron chi connectivity index (χ3n) is 1.02. The van der Waals surface area contributed by atoms with Crippen LogP contribution in [-0.2, 0) is 4.79 Å². The lowest BCUT2D eigenvalue weighted by Crippen LogP contribution is -2.21. The lowest BCUT2D eigenvalue weighted by Gasteiger charge is -2.20. The minimum atomic E-state index is -0.137. The number of hydrogen-bond acceptors (Lipinski definition) is 2. The highest BCUT2D eigenvalue weighted by Crippen LogP contribution is 2.21. The van der Waals surface area contributed by atoms with E-state index >= 15 is 0 Å². The highest BCUT2D eigenvalue weighted by atomic mass is 32.1. The van der Waals surface area contributed by atoms with E-state index in [0.717, 1.165) is 6.29 Å². The Morgan fingerprint density at radius 2 is 1.88 bits per heavy atom. The van der Waals surface area contributed by atoms with E-state index < -0.39 is 0 Å². The smallest absolute Gasteiger partial charge is 0.133 e. The van der Waals surface area contributed by atoms with Gasteiger partial charge in [0, 0.05) is 0 Å². The number of hydrogen-bond donors (Lipinski definition) is 1. The lowest BCUT2D eigenvalue weighted by molar-refractivity contribution is -0.108. The first-order valence-corrected chi connectivity index (χ1v) is 3.13. The van der Waals surface area contributed by atoms with E-state index in [1.807, 2.05) is 20.8 Å². The fourth-order valence-electron chi connectivity index (χ4n) is 0.204. The van der Waals surface area contributed by atoms with Gasteiger partial charge in [-0.3, -0.25) is 0 Å². The predicted molar refractivity (Wildman–Crippen MR) is 38.3 cm³/mol. The number of rotatable bonds is 1. The van der Waals surface area contributed by atoms with E-state index in [0.29, 0.717) is 0 Å². The summed E-state index contributed by atoms with van der Waals surface area (Å²) in [6.07, 6.45) is 0.864. The Kier molecular flexibility index (Phi) is 2.54. The van der Waals surface area contributed by atoms with Crippen LogP contribution in [0.3, 0.4) is 0 Å². The summed E-state index contributed by atoms with van der Waals surface area (Å²) in [6, 6.07) is 0. The van der Waals surface area contributed by atoms with Gasteiger partial charge < -0.3 is 4.79 Å². The number of carbonyl (C=O) groups excluding carboxylic acids is 1. The van der Waals surface area contributed by atoms with E-state index in [-0.39, 0.29) is 10.7 Å². The molecule has 0 N–H and O–H groups in total. The summed E-state index contributed by atoms with van der Waals surface area (Å²) in [5.74, 6) is 0. The molecule has 0 amide bonds. The van der Waals surface area contributed by atoms with Crippen molar-refractivity contribution in [3.05, 3.63) is 0 Å². The Morgan fingerprint density at radius 3 is 1.88 bits per heavy atom. The average molecular weight is 132 g/mol. The lowest BCUT2D eigenvalue weighted by atomic mass is 9.93. The summed E-state index contributed by atoms with van der Waals surface area (Å²) >= 11 is 4.04. The van der Waals surface area contributed by atoms with Gasteiger partial charge in [0.25, 0.3) is 0 Å². The molecule has 8 heavy (non-hydrogen) atoms. The van der Waals surface area contributed by atoms with Gasteiger partial charge in [-0.1, -0.05) is 20.8 Å². The zero-order chi connectivity index (χ0) is 6.78. The van der Waals surface area contributed by atoms with Crippen molar-refractivity contribution >= 4 is 18.9 Å². The maximum atomic E-state index is 10.1. The minimum absolute atomic E-state index is 0.00482. The Bertz CT molecular complexity index is 83.0. The van der Waals surface area contributed by atoms with Crippen LogP contribution in [0.1, 0.15) is 20.8 Å². The zero-order valence-electron chi connectivity index (χ0n) is 5.51. The molecule has 0 saturated heterocycles. The van der Waals surface area contributed by atoms with Crippen LogP contribution in [-0.4, -0.2) is 11.5 Å². The van der Waals surface area contributed by atoms with Gasteiger partial charge in [-0.2, -0.15) is 12.6 Å². The summed E-state index contributed by atoms with van der Waals surface area (Å²) < 4.78 is 0. The summed E-state index contributed by atoms with van der Waals surface area (Å²) in [5.41, 5.74) is 0.00482. The van der Waals surface area contributed by atoms with Crippen LogP contribution in [0.4, 0.5) is 0 Å². The van der Waals surface area contributed by atoms with Gasteiger partial charge >= 0.3 is 0 Å². The van der Waals surface area contributed by atoms with Crippen molar-refractivity contribution in [1.29, 1.82) is 0 Å². The van der Waals surface area contributed by atoms with E-state index in [4.69, 9.17) is 0 Å². The third kappa shape index (κ3) is 2.36. The molecular weight excluding hydrogens is 120 g/mol. The molecule has 0 bridgehead atoms. The first-order valence-electron chi connectivity index (χ1n) is 2.62. The number of thiol groups is 1. The van der Waals surface area contributed by atoms with Crippen LogP contribution < -0.4 is 0 Å². The molecule has 48 valence electrons. The fraction of sp³-hybridized carbons (Fsp3) is 0.833. The van der Waals surface area contributed by atoms with Gasteiger partial charge in [0.15, 0.2) is 0 Å². The molecule has 0 aromatic rings. The summed E-state index contributed by atoms with van der Waals surface area (Å²) in [7, 11) is 0. The minimum Gasteiger partial charge on any atom is -0.302 e. The first-order chi connectivity index (χ1) is 3.48. The first kappa shape index (κ1) is 8.02. The Labute approximate surface area is 55.9 Å². The molecule has 0 aliphatic carbocycles. The zero-order valence-corrected chi connectivity index (χ0v) is 6.40. The molecule has 0 spiro atoms. The topological polar surface area (TPSA) is 17.1 Å². The average Bonchev–Trinajstić information content (AvgIpc) is 1.62. The highest BCUT2D eigenvalue weighted by Gasteiger charge is 2.19. The van der Waals surface area contributed by atoms with E-state index in [1.165, 1.54) is 0 Å². The summed E-state index contributed by atoms with van der Waals surface area (Å²) in [6.45, 7) is 5.96. The van der Waals surface area contributed by atoms with Crippen molar-refractivity contribution in [2.45, 2.75) is 26.0 Å².